The van der Waals surface area contributed by atoms with Crippen molar-refractivity contribution in [2.45, 2.75) is 24.9 Å². The number of hydrogen-bond donors (Lipinski definition) is 5. The van der Waals surface area contributed by atoms with Gasteiger partial charge in [-0.1, -0.05) is 12.1 Å². The second-order valence-corrected chi connectivity index (χ2v) is 4.55. The molecule has 2 atom stereocenters. The quantitative estimate of drug-likeness (QED) is 0.421. The Labute approximate surface area is 120 Å². The van der Waals surface area contributed by atoms with E-state index in [1.165, 1.54) is 12.1 Å². The predicted molar refractivity (Wildman–Crippen MR) is 73.2 cm³/mol. The molecular weight excluding hydrogens is 278 g/mol. The van der Waals surface area contributed by atoms with E-state index in [0.717, 1.165) is 0 Å². The first-order valence-electron chi connectivity index (χ1n) is 6.14. The molecule has 0 heterocycles. The first-order valence-corrected chi connectivity index (χ1v) is 6.14. The molecule has 0 aliphatic heterocycles. The molecule has 1 aromatic rings. The van der Waals surface area contributed by atoms with Gasteiger partial charge in [-0.15, -0.1) is 0 Å². The number of carboxylic acid groups (broad SMARTS) is 1. The largest absolute Gasteiger partial charge is 0.508 e. The van der Waals surface area contributed by atoms with E-state index in [-0.39, 0.29) is 18.6 Å². The van der Waals surface area contributed by atoms with Crippen LogP contribution < -0.4 is 16.8 Å². The van der Waals surface area contributed by atoms with Crippen molar-refractivity contribution in [1.29, 1.82) is 0 Å². The number of carbonyl (C=O) groups excluding carboxylic acids is 2. The molecule has 7 N–H and O–H groups in total. The summed E-state index contributed by atoms with van der Waals surface area (Å²) < 4.78 is 0. The minimum atomic E-state index is -1.23. The van der Waals surface area contributed by atoms with Crippen molar-refractivity contribution in [1.82, 2.24) is 5.32 Å². The van der Waals surface area contributed by atoms with Crippen LogP contribution in [0.15, 0.2) is 24.3 Å². The van der Waals surface area contributed by atoms with Gasteiger partial charge in [0, 0.05) is 6.42 Å². The highest BCUT2D eigenvalue weighted by molar-refractivity contribution is 5.90. The number of nitrogens with two attached hydrogens (primary N) is 2. The van der Waals surface area contributed by atoms with Crippen LogP contribution in [-0.4, -0.2) is 40.1 Å². The van der Waals surface area contributed by atoms with Crippen molar-refractivity contribution in [3.63, 3.8) is 0 Å². The molecule has 8 heteroatoms. The van der Waals surface area contributed by atoms with Crippen molar-refractivity contribution in [2.24, 2.45) is 11.5 Å². The number of hydrogen-bond acceptors (Lipinski definition) is 5. The van der Waals surface area contributed by atoms with E-state index in [4.69, 9.17) is 21.7 Å². The summed E-state index contributed by atoms with van der Waals surface area (Å²) in [7, 11) is 0. The molecule has 114 valence electrons. The molecule has 0 fully saturated rings. The van der Waals surface area contributed by atoms with Crippen LogP contribution in [0, 0.1) is 0 Å². The van der Waals surface area contributed by atoms with Crippen LogP contribution in [0.3, 0.4) is 0 Å². The Morgan fingerprint density at radius 3 is 2.24 bits per heavy atom. The summed E-state index contributed by atoms with van der Waals surface area (Å²) in [5.41, 5.74) is 11.0. The fourth-order valence-electron chi connectivity index (χ4n) is 1.66. The van der Waals surface area contributed by atoms with Gasteiger partial charge in [0.25, 0.3) is 0 Å². The Morgan fingerprint density at radius 2 is 1.76 bits per heavy atom. The SMILES string of the molecule is NC(=O)CC(N)C(=O)N[C@H](Cc1ccc(O)cc1)C(=O)O. The summed E-state index contributed by atoms with van der Waals surface area (Å²) >= 11 is 0. The van der Waals surface area contributed by atoms with Crippen LogP contribution in [0.25, 0.3) is 0 Å². The number of aromatic hydroxyl groups is 1. The number of carbonyl (C=O) groups is 3. The fraction of sp³-hybridized carbons (Fsp3) is 0.308. The number of phenolic OH excluding ortho intramolecular Hbond substituents is 1. The number of primary amides is 1. The second-order valence-electron chi connectivity index (χ2n) is 4.55. The molecule has 0 radical (unpaired) electrons. The standard InChI is InChI=1S/C13H17N3O5/c14-9(6-11(15)18)12(19)16-10(13(20)21)5-7-1-3-8(17)4-2-7/h1-4,9-10,17H,5-6,14H2,(H2,15,18)(H,16,19)(H,20,21)/t9?,10-/m1/s1. The highest BCUT2D eigenvalue weighted by Crippen LogP contribution is 2.11. The minimum Gasteiger partial charge on any atom is -0.508 e. The van der Waals surface area contributed by atoms with Gasteiger partial charge < -0.3 is 27.0 Å². The molecular formula is C13H17N3O5. The van der Waals surface area contributed by atoms with Gasteiger partial charge in [-0.25, -0.2) is 4.79 Å². The van der Waals surface area contributed by atoms with Gasteiger partial charge in [-0.2, -0.15) is 0 Å². The van der Waals surface area contributed by atoms with Gasteiger partial charge in [-0.3, -0.25) is 9.59 Å². The van der Waals surface area contributed by atoms with Crippen molar-refractivity contribution < 1.29 is 24.6 Å². The average Bonchev–Trinajstić information content (AvgIpc) is 2.39. The summed E-state index contributed by atoms with van der Waals surface area (Å²) in [5.74, 6) is -2.69. The second kappa shape index (κ2) is 7.25. The lowest BCUT2D eigenvalue weighted by atomic mass is 10.0. The van der Waals surface area contributed by atoms with Gasteiger partial charge >= 0.3 is 5.97 Å². The Bertz CT molecular complexity index is 529. The fourth-order valence-corrected chi connectivity index (χ4v) is 1.66. The summed E-state index contributed by atoms with van der Waals surface area (Å²) in [5, 5.41) is 20.5. The van der Waals surface area contributed by atoms with Gasteiger partial charge in [0.05, 0.1) is 12.5 Å². The summed E-state index contributed by atoms with van der Waals surface area (Å²) in [6.07, 6.45) is -0.345. The molecule has 0 aliphatic rings. The number of nitrogens with one attached hydrogen (secondary N) is 1. The monoisotopic (exact) mass is 295 g/mol. The van der Waals surface area contributed by atoms with Crippen molar-refractivity contribution >= 4 is 17.8 Å². The lowest BCUT2D eigenvalue weighted by Crippen LogP contribution is -2.50. The van der Waals surface area contributed by atoms with E-state index in [1.54, 1.807) is 12.1 Å². The molecule has 0 saturated carbocycles. The molecule has 1 unspecified atom stereocenters. The molecule has 0 saturated heterocycles. The number of phenols is 1. The van der Waals surface area contributed by atoms with Crippen LogP contribution >= 0.6 is 0 Å². The highest BCUT2D eigenvalue weighted by atomic mass is 16.4. The molecule has 0 aromatic heterocycles. The Kier molecular flexibility index (Phi) is 5.67. The average molecular weight is 295 g/mol. The number of benzene rings is 1. The topological polar surface area (TPSA) is 156 Å². The van der Waals surface area contributed by atoms with Gasteiger partial charge in [0.1, 0.15) is 11.8 Å². The first-order chi connectivity index (χ1) is 9.79. The van der Waals surface area contributed by atoms with E-state index < -0.39 is 29.9 Å². The number of amides is 2. The Hall–Kier alpha value is -2.61. The molecule has 2 amide bonds. The van der Waals surface area contributed by atoms with E-state index in [2.05, 4.69) is 5.32 Å². The van der Waals surface area contributed by atoms with Crippen LogP contribution in [-0.2, 0) is 20.8 Å². The van der Waals surface area contributed by atoms with Gasteiger partial charge in [0.15, 0.2) is 0 Å². The smallest absolute Gasteiger partial charge is 0.326 e. The third-order valence-electron chi connectivity index (χ3n) is 2.75. The maximum absolute atomic E-state index is 11.7. The van der Waals surface area contributed by atoms with Crippen molar-refractivity contribution in [2.75, 3.05) is 0 Å². The lowest BCUT2D eigenvalue weighted by Gasteiger charge is -2.17. The zero-order valence-corrected chi connectivity index (χ0v) is 11.2. The van der Waals surface area contributed by atoms with E-state index in [1.807, 2.05) is 0 Å². The molecule has 1 aromatic carbocycles. The lowest BCUT2D eigenvalue weighted by molar-refractivity contribution is -0.142. The maximum atomic E-state index is 11.7. The Morgan fingerprint density at radius 1 is 1.19 bits per heavy atom. The highest BCUT2D eigenvalue weighted by Gasteiger charge is 2.24. The van der Waals surface area contributed by atoms with Gasteiger partial charge in [-0.05, 0) is 17.7 Å². The van der Waals surface area contributed by atoms with E-state index >= 15 is 0 Å². The summed E-state index contributed by atoms with van der Waals surface area (Å²) in [6.45, 7) is 0. The Balaban J connectivity index is 2.69. The number of carboxylic acids is 1. The van der Waals surface area contributed by atoms with Gasteiger partial charge in [0.2, 0.25) is 11.8 Å². The van der Waals surface area contributed by atoms with E-state index in [0.29, 0.717) is 5.56 Å². The summed E-state index contributed by atoms with van der Waals surface area (Å²) in [4.78, 5) is 33.5. The molecule has 21 heavy (non-hydrogen) atoms. The zero-order chi connectivity index (χ0) is 16.0. The molecule has 0 aliphatic carbocycles. The molecule has 0 bridgehead atoms. The van der Waals surface area contributed by atoms with Crippen LogP contribution in [0.5, 0.6) is 5.75 Å². The summed E-state index contributed by atoms with van der Waals surface area (Å²) in [6, 6.07) is 3.52. The van der Waals surface area contributed by atoms with Crippen molar-refractivity contribution in [3.05, 3.63) is 29.8 Å². The van der Waals surface area contributed by atoms with Crippen LogP contribution in [0.1, 0.15) is 12.0 Å². The molecule has 1 rings (SSSR count). The number of rotatable bonds is 7. The molecule has 8 nitrogen and oxygen atoms in total. The van der Waals surface area contributed by atoms with Crippen LogP contribution in [0.4, 0.5) is 0 Å². The van der Waals surface area contributed by atoms with Crippen molar-refractivity contribution in [3.8, 4) is 5.75 Å². The third kappa shape index (κ3) is 5.49. The maximum Gasteiger partial charge on any atom is 0.326 e. The van der Waals surface area contributed by atoms with E-state index in [9.17, 15) is 14.4 Å². The first kappa shape index (κ1) is 16.4. The molecule has 0 spiro atoms. The third-order valence-corrected chi connectivity index (χ3v) is 2.75. The minimum absolute atomic E-state index is 0.0185. The number of aliphatic carboxylic acids is 1. The predicted octanol–water partition coefficient (Wildman–Crippen LogP) is -1.29. The normalized spacial score (nSPS) is 13.2. The van der Waals surface area contributed by atoms with Crippen LogP contribution in [0.2, 0.25) is 0 Å². The zero-order valence-electron chi connectivity index (χ0n) is 11.2.